The normalized spacial score (nSPS) is 27.8. The van der Waals surface area contributed by atoms with Crippen LogP contribution in [0.3, 0.4) is 0 Å². The SMILES string of the molecule is CC(C)S(=O)(=O)N1CCc2c(nc([C@H]3CCCCN3C(=O)[C@@H]3CC34CCC4)[nH]c2=O)C1. The quantitative estimate of drug-likeness (QED) is 0.760. The molecule has 1 aromatic heterocycles. The first-order valence-electron chi connectivity index (χ1n) is 11.6. The van der Waals surface area contributed by atoms with Gasteiger partial charge in [0.25, 0.3) is 5.56 Å². The van der Waals surface area contributed by atoms with E-state index in [-0.39, 0.29) is 35.4 Å². The summed E-state index contributed by atoms with van der Waals surface area (Å²) in [6, 6.07) is -0.228. The molecule has 0 bridgehead atoms. The van der Waals surface area contributed by atoms with Gasteiger partial charge in [0.2, 0.25) is 15.9 Å². The number of aromatic nitrogens is 2. The van der Waals surface area contributed by atoms with Crippen LogP contribution in [-0.4, -0.2) is 51.8 Å². The summed E-state index contributed by atoms with van der Waals surface area (Å²) in [6.45, 7) is 4.46. The van der Waals surface area contributed by atoms with Gasteiger partial charge in [-0.15, -0.1) is 0 Å². The van der Waals surface area contributed by atoms with Gasteiger partial charge < -0.3 is 9.88 Å². The second kappa shape index (κ2) is 7.40. The summed E-state index contributed by atoms with van der Waals surface area (Å²) in [6.07, 6.45) is 7.65. The Kier molecular flexibility index (Phi) is 5.04. The lowest BCUT2D eigenvalue weighted by Crippen LogP contribution is -2.44. The van der Waals surface area contributed by atoms with E-state index in [9.17, 15) is 18.0 Å². The highest BCUT2D eigenvalue weighted by Gasteiger charge is 2.62. The van der Waals surface area contributed by atoms with Crippen LogP contribution in [0.5, 0.6) is 0 Å². The fourth-order valence-electron chi connectivity index (χ4n) is 5.67. The summed E-state index contributed by atoms with van der Waals surface area (Å²) in [5, 5.41) is -0.514. The molecule has 1 aromatic rings. The molecule has 3 fully saturated rings. The number of aromatic amines is 1. The zero-order valence-electron chi connectivity index (χ0n) is 18.4. The third-order valence-electron chi connectivity index (χ3n) is 7.95. The topological polar surface area (TPSA) is 103 Å². The number of carbonyl (C=O) groups excluding carboxylic acids is 1. The second-order valence-corrected chi connectivity index (χ2v) is 12.6. The number of nitrogens with one attached hydrogen (secondary N) is 1. The van der Waals surface area contributed by atoms with Gasteiger partial charge in [0.1, 0.15) is 5.82 Å². The van der Waals surface area contributed by atoms with Gasteiger partial charge in [-0.25, -0.2) is 13.4 Å². The number of amides is 1. The third-order valence-corrected chi connectivity index (χ3v) is 10.2. The standard InChI is InChI=1S/C22H32N4O4S/c1-14(2)31(29,30)25-11-7-15-17(13-25)23-19(24-20(15)27)18-6-3-4-10-26(18)21(28)16-12-22(16)8-5-9-22/h14,16,18H,3-13H2,1-2H3,(H,23,24,27)/t16-,18+/m0/s1. The van der Waals surface area contributed by atoms with Gasteiger partial charge in [-0.3, -0.25) is 9.59 Å². The summed E-state index contributed by atoms with van der Waals surface area (Å²) in [5.41, 5.74) is 1.18. The fourth-order valence-corrected chi connectivity index (χ4v) is 6.91. The molecule has 1 N–H and O–H groups in total. The average molecular weight is 449 g/mol. The molecule has 1 saturated heterocycles. The van der Waals surface area contributed by atoms with Crippen molar-refractivity contribution in [2.45, 2.75) is 83.1 Å². The van der Waals surface area contributed by atoms with E-state index in [2.05, 4.69) is 4.98 Å². The number of sulfonamides is 1. The first kappa shape index (κ1) is 21.1. The number of likely N-dealkylation sites (tertiary alicyclic amines) is 1. The second-order valence-electron chi connectivity index (χ2n) is 10.1. The fraction of sp³-hybridized carbons (Fsp3) is 0.773. The van der Waals surface area contributed by atoms with Crippen LogP contribution in [0.15, 0.2) is 4.79 Å². The maximum atomic E-state index is 13.3. The molecule has 1 spiro atoms. The number of rotatable bonds is 4. The average Bonchev–Trinajstić information content (AvgIpc) is 3.49. The predicted molar refractivity (Wildman–Crippen MR) is 116 cm³/mol. The summed E-state index contributed by atoms with van der Waals surface area (Å²) < 4.78 is 26.7. The van der Waals surface area contributed by atoms with Gasteiger partial charge in [0, 0.05) is 24.6 Å². The Bertz CT molecular complexity index is 1060. The molecule has 2 aliphatic heterocycles. The summed E-state index contributed by atoms with van der Waals surface area (Å²) >= 11 is 0. The number of hydrogen-bond acceptors (Lipinski definition) is 5. The highest BCUT2D eigenvalue weighted by Crippen LogP contribution is 2.66. The molecule has 8 nitrogen and oxygen atoms in total. The van der Waals surface area contributed by atoms with Crippen LogP contribution in [0.4, 0.5) is 0 Å². The van der Waals surface area contributed by atoms with Gasteiger partial charge in [0.15, 0.2) is 0 Å². The van der Waals surface area contributed by atoms with E-state index in [4.69, 9.17) is 4.98 Å². The third kappa shape index (κ3) is 3.44. The van der Waals surface area contributed by atoms with Crippen molar-refractivity contribution >= 4 is 15.9 Å². The van der Waals surface area contributed by atoms with Crippen LogP contribution < -0.4 is 5.56 Å². The molecule has 2 atom stereocenters. The van der Waals surface area contributed by atoms with E-state index < -0.39 is 15.3 Å². The molecule has 31 heavy (non-hydrogen) atoms. The van der Waals surface area contributed by atoms with E-state index in [0.29, 0.717) is 36.6 Å². The molecule has 9 heteroatoms. The summed E-state index contributed by atoms with van der Waals surface area (Å²) in [7, 11) is -3.41. The van der Waals surface area contributed by atoms with Crippen molar-refractivity contribution in [3.8, 4) is 0 Å². The van der Waals surface area contributed by atoms with Crippen LogP contribution in [0.25, 0.3) is 0 Å². The van der Waals surface area contributed by atoms with Gasteiger partial charge >= 0.3 is 0 Å². The van der Waals surface area contributed by atoms with Crippen molar-refractivity contribution < 1.29 is 13.2 Å². The van der Waals surface area contributed by atoms with Crippen molar-refractivity contribution in [1.82, 2.24) is 19.2 Å². The van der Waals surface area contributed by atoms with Crippen LogP contribution >= 0.6 is 0 Å². The molecule has 5 rings (SSSR count). The molecule has 1 amide bonds. The Morgan fingerprint density at radius 1 is 1.19 bits per heavy atom. The van der Waals surface area contributed by atoms with E-state index in [1.54, 1.807) is 13.8 Å². The Balaban J connectivity index is 1.43. The van der Waals surface area contributed by atoms with Crippen molar-refractivity contribution in [2.24, 2.45) is 11.3 Å². The number of H-pyrrole nitrogens is 1. The molecule has 0 aromatic carbocycles. The zero-order chi connectivity index (χ0) is 22.0. The summed E-state index contributed by atoms with van der Waals surface area (Å²) in [5.74, 6) is 0.871. The maximum absolute atomic E-state index is 13.3. The van der Waals surface area contributed by atoms with E-state index >= 15 is 0 Å². The minimum absolute atomic E-state index is 0.124. The number of nitrogens with zero attached hydrogens (tertiary/aromatic N) is 3. The highest BCUT2D eigenvalue weighted by molar-refractivity contribution is 7.89. The Labute approximate surface area is 183 Å². The minimum atomic E-state index is -3.41. The van der Waals surface area contributed by atoms with Crippen molar-refractivity contribution in [1.29, 1.82) is 0 Å². The number of hydrogen-bond donors (Lipinski definition) is 1. The lowest BCUT2D eigenvalue weighted by molar-refractivity contribution is -0.138. The van der Waals surface area contributed by atoms with Crippen LogP contribution in [0.1, 0.15) is 81.9 Å². The van der Waals surface area contributed by atoms with Gasteiger partial charge in [0.05, 0.1) is 23.5 Å². The molecule has 0 unspecified atom stereocenters. The molecule has 3 heterocycles. The summed E-state index contributed by atoms with van der Waals surface area (Å²) in [4.78, 5) is 35.8. The zero-order valence-corrected chi connectivity index (χ0v) is 19.2. The highest BCUT2D eigenvalue weighted by atomic mass is 32.2. The lowest BCUT2D eigenvalue weighted by atomic mass is 9.79. The Hall–Kier alpha value is -1.74. The minimum Gasteiger partial charge on any atom is -0.332 e. The molecule has 2 aliphatic carbocycles. The Morgan fingerprint density at radius 2 is 1.97 bits per heavy atom. The number of fused-ring (bicyclic) bond motifs is 1. The Morgan fingerprint density at radius 3 is 2.61 bits per heavy atom. The molecular formula is C22H32N4O4S. The monoisotopic (exact) mass is 448 g/mol. The molecule has 0 radical (unpaired) electrons. The molecule has 2 saturated carbocycles. The lowest BCUT2D eigenvalue weighted by Gasteiger charge is -2.37. The first-order chi connectivity index (χ1) is 14.7. The van der Waals surface area contributed by atoms with Crippen LogP contribution in [0, 0.1) is 11.3 Å². The predicted octanol–water partition coefficient (Wildman–Crippen LogP) is 2.11. The van der Waals surface area contributed by atoms with Crippen LogP contribution in [0.2, 0.25) is 0 Å². The van der Waals surface area contributed by atoms with E-state index in [1.807, 2.05) is 4.90 Å². The molecular weight excluding hydrogens is 416 g/mol. The van der Waals surface area contributed by atoms with Crippen molar-refractivity contribution in [3.63, 3.8) is 0 Å². The van der Waals surface area contributed by atoms with Gasteiger partial charge in [-0.05, 0) is 64.2 Å². The van der Waals surface area contributed by atoms with Crippen LogP contribution in [-0.2, 0) is 27.8 Å². The largest absolute Gasteiger partial charge is 0.332 e. The molecule has 4 aliphatic rings. The first-order valence-corrected chi connectivity index (χ1v) is 13.1. The smallest absolute Gasteiger partial charge is 0.254 e. The van der Waals surface area contributed by atoms with Crippen molar-refractivity contribution in [3.05, 3.63) is 27.4 Å². The number of piperidine rings is 1. The van der Waals surface area contributed by atoms with E-state index in [1.165, 1.54) is 10.7 Å². The maximum Gasteiger partial charge on any atom is 0.254 e. The molecule has 170 valence electrons. The van der Waals surface area contributed by atoms with E-state index in [0.717, 1.165) is 38.5 Å². The van der Waals surface area contributed by atoms with Gasteiger partial charge in [-0.2, -0.15) is 4.31 Å². The van der Waals surface area contributed by atoms with Crippen molar-refractivity contribution in [2.75, 3.05) is 13.1 Å². The van der Waals surface area contributed by atoms with Gasteiger partial charge in [-0.1, -0.05) is 6.42 Å². The number of carbonyl (C=O) groups is 1.